The summed E-state index contributed by atoms with van der Waals surface area (Å²) in [4.78, 5) is 25.1. The van der Waals surface area contributed by atoms with Crippen LogP contribution < -0.4 is 10.6 Å². The lowest BCUT2D eigenvalue weighted by Crippen LogP contribution is -2.47. The Bertz CT molecular complexity index is 1910. The molecule has 1 aliphatic heterocycles. The summed E-state index contributed by atoms with van der Waals surface area (Å²) in [5.74, 6) is 0.0936. The summed E-state index contributed by atoms with van der Waals surface area (Å²) in [5.41, 5.74) is 5.03. The Kier molecular flexibility index (Phi) is 12.1. The van der Waals surface area contributed by atoms with Gasteiger partial charge in [0.1, 0.15) is 11.8 Å². The van der Waals surface area contributed by atoms with E-state index >= 15 is 0 Å². The second-order valence-electron chi connectivity index (χ2n) is 12.4. The van der Waals surface area contributed by atoms with Crippen molar-refractivity contribution in [2.75, 3.05) is 12.9 Å². The van der Waals surface area contributed by atoms with Crippen LogP contribution >= 0.6 is 11.8 Å². The number of amides is 2. The van der Waals surface area contributed by atoms with Gasteiger partial charge in [-0.05, 0) is 56.9 Å². The smallest absolute Gasteiger partial charge is 0.328 e. The van der Waals surface area contributed by atoms with Gasteiger partial charge >= 0.3 is 12.0 Å². The van der Waals surface area contributed by atoms with E-state index in [0.29, 0.717) is 23.0 Å². The molecule has 1 aliphatic rings. The fourth-order valence-electron chi connectivity index (χ4n) is 5.86. The van der Waals surface area contributed by atoms with E-state index in [-0.39, 0.29) is 37.0 Å². The second kappa shape index (κ2) is 17.3. The number of aromatic hydroxyl groups is 1. The maximum atomic E-state index is 12.8. The predicted octanol–water partition coefficient (Wildman–Crippen LogP) is 5.03. The van der Waals surface area contributed by atoms with Crippen LogP contribution in [0.25, 0.3) is 5.69 Å². The Hall–Kier alpha value is -5.28. The second-order valence-corrected chi connectivity index (χ2v) is 13.3. The molecule has 0 radical (unpaired) electrons. The molecule has 5 aromatic rings. The summed E-state index contributed by atoms with van der Waals surface area (Å²) < 4.78 is 19.7. The van der Waals surface area contributed by atoms with Crippen molar-refractivity contribution in [1.82, 2.24) is 30.8 Å². The summed E-state index contributed by atoms with van der Waals surface area (Å²) in [5, 5.41) is 37.6. The van der Waals surface area contributed by atoms with Gasteiger partial charge in [0.25, 0.3) is 0 Å². The Morgan fingerprint density at radius 1 is 0.904 bits per heavy atom. The number of carbonyl (C=O) groups excluding carboxylic acids is 2. The van der Waals surface area contributed by atoms with E-state index in [9.17, 15) is 19.8 Å². The normalized spacial score (nSPS) is 19.1. The Morgan fingerprint density at radius 2 is 1.60 bits per heavy atom. The number of thioether (sulfide) groups is 1. The molecule has 14 heteroatoms. The number of hydrogen-bond donors (Lipinski definition) is 4. The predicted molar refractivity (Wildman–Crippen MR) is 192 cm³/mol. The van der Waals surface area contributed by atoms with E-state index < -0.39 is 24.3 Å². The number of phenolic OH excluding ortho intramolecular Hbond substituents is 1. The zero-order valence-corrected chi connectivity index (χ0v) is 29.5. The molecular weight excluding hydrogens is 685 g/mol. The van der Waals surface area contributed by atoms with Crippen LogP contribution in [-0.4, -0.2) is 67.4 Å². The average Bonchev–Trinajstić information content (AvgIpc) is 3.66. The van der Waals surface area contributed by atoms with Gasteiger partial charge in [-0.1, -0.05) is 97.5 Å². The largest absolute Gasteiger partial charge is 0.508 e. The highest BCUT2D eigenvalue weighted by molar-refractivity contribution is 7.99. The topological polar surface area (TPSA) is 170 Å². The van der Waals surface area contributed by atoms with E-state index in [1.807, 2.05) is 78.9 Å². The minimum absolute atomic E-state index is 0.0511. The third-order valence-corrected chi connectivity index (χ3v) is 9.82. The molecule has 5 atom stereocenters. The lowest BCUT2D eigenvalue weighted by Gasteiger charge is -2.41. The molecule has 0 spiro atoms. The zero-order valence-electron chi connectivity index (χ0n) is 28.7. The molecule has 1 fully saturated rings. The average molecular weight is 725 g/mol. The van der Waals surface area contributed by atoms with Gasteiger partial charge in [-0.2, -0.15) is 4.68 Å². The molecule has 4 aromatic carbocycles. The number of ether oxygens (including phenoxy) is 3. The van der Waals surface area contributed by atoms with Crippen molar-refractivity contribution in [3.05, 3.63) is 131 Å². The van der Waals surface area contributed by atoms with Gasteiger partial charge in [0, 0.05) is 30.2 Å². The highest BCUT2D eigenvalue weighted by atomic mass is 32.2. The molecule has 2 amide bonds. The van der Waals surface area contributed by atoms with Gasteiger partial charge in [0.05, 0.1) is 31.6 Å². The molecule has 1 saturated heterocycles. The summed E-state index contributed by atoms with van der Waals surface area (Å²) in [7, 11) is 1.29. The molecule has 270 valence electrons. The zero-order chi connectivity index (χ0) is 36.5. The number of urea groups is 1. The number of aliphatic hydroxyl groups excluding tert-OH is 1. The molecule has 2 heterocycles. The van der Waals surface area contributed by atoms with Crippen LogP contribution in [0.3, 0.4) is 0 Å². The monoisotopic (exact) mass is 724 g/mol. The number of benzene rings is 4. The fourth-order valence-corrected chi connectivity index (χ4v) is 6.91. The summed E-state index contributed by atoms with van der Waals surface area (Å²) in [6, 6.07) is 30.0. The van der Waals surface area contributed by atoms with Gasteiger partial charge < -0.3 is 35.1 Å². The first-order chi connectivity index (χ1) is 25.3. The van der Waals surface area contributed by atoms with E-state index in [1.165, 1.54) is 18.9 Å². The lowest BCUT2D eigenvalue weighted by atomic mass is 9.91. The van der Waals surface area contributed by atoms with Gasteiger partial charge in [0.2, 0.25) is 5.16 Å². The molecule has 13 nitrogen and oxygen atoms in total. The van der Waals surface area contributed by atoms with Crippen LogP contribution in [0.1, 0.15) is 47.1 Å². The van der Waals surface area contributed by atoms with Crippen molar-refractivity contribution < 1.29 is 34.0 Å². The van der Waals surface area contributed by atoms with Crippen molar-refractivity contribution >= 4 is 23.8 Å². The van der Waals surface area contributed by atoms with Crippen molar-refractivity contribution in [2.24, 2.45) is 5.92 Å². The van der Waals surface area contributed by atoms with Crippen molar-refractivity contribution in [3.63, 3.8) is 0 Å². The number of methoxy groups -OCH3 is 1. The first-order valence-corrected chi connectivity index (χ1v) is 17.8. The Labute approximate surface area is 305 Å². The van der Waals surface area contributed by atoms with E-state index in [2.05, 4.69) is 33.1 Å². The molecule has 0 aliphatic carbocycles. The fraction of sp³-hybridized carbons (Fsp3) is 0.289. The van der Waals surface area contributed by atoms with Crippen LogP contribution in [0.2, 0.25) is 0 Å². The highest BCUT2D eigenvalue weighted by Crippen LogP contribution is 2.43. The van der Waals surface area contributed by atoms with Gasteiger partial charge in [-0.15, -0.1) is 5.10 Å². The molecule has 0 saturated carbocycles. The standard InChI is InChI=1S/C38H40N6O7S/c1-24-33(23-52-38-41-42-43-44(38)30-16-18-31(46)19-17-30)50-36(51-34(24)28-12-10-27(22-45)11-13-28)29-14-8-26(9-15-29)21-39-37(48)40-32(35(47)49-2)20-25-6-4-3-5-7-25/h3-19,24,32-34,36,45-46H,20-23H2,1-2H3,(H2,39,40,48). The molecule has 5 unspecified atom stereocenters. The van der Waals surface area contributed by atoms with E-state index in [0.717, 1.165) is 27.8 Å². The van der Waals surface area contributed by atoms with Gasteiger partial charge in [-0.3, -0.25) is 0 Å². The molecule has 52 heavy (non-hydrogen) atoms. The maximum absolute atomic E-state index is 12.8. The number of aromatic nitrogens is 4. The van der Waals surface area contributed by atoms with Crippen LogP contribution in [-0.2, 0) is 38.6 Å². The molecule has 6 rings (SSSR count). The number of hydrogen-bond acceptors (Lipinski definition) is 11. The number of esters is 1. The van der Waals surface area contributed by atoms with E-state index in [4.69, 9.17) is 14.2 Å². The quantitative estimate of drug-likeness (QED) is 0.0950. The number of tetrazole rings is 1. The van der Waals surface area contributed by atoms with Crippen LogP contribution in [0, 0.1) is 5.92 Å². The van der Waals surface area contributed by atoms with Crippen molar-refractivity contribution in [1.29, 1.82) is 0 Å². The lowest BCUT2D eigenvalue weighted by molar-refractivity contribution is -0.268. The summed E-state index contributed by atoms with van der Waals surface area (Å²) in [6.07, 6.45) is -0.965. The summed E-state index contributed by atoms with van der Waals surface area (Å²) in [6.45, 7) is 2.26. The molecule has 1 aromatic heterocycles. The maximum Gasteiger partial charge on any atom is 0.328 e. The van der Waals surface area contributed by atoms with E-state index in [1.54, 1.807) is 28.9 Å². The number of carbonyl (C=O) groups is 2. The van der Waals surface area contributed by atoms with Crippen LogP contribution in [0.5, 0.6) is 5.75 Å². The summed E-state index contributed by atoms with van der Waals surface area (Å²) >= 11 is 1.46. The minimum Gasteiger partial charge on any atom is -0.508 e. The van der Waals surface area contributed by atoms with Crippen molar-refractivity contribution in [3.8, 4) is 11.4 Å². The molecule has 4 N–H and O–H groups in total. The molecule has 0 bridgehead atoms. The van der Waals surface area contributed by atoms with Gasteiger partial charge in [0.15, 0.2) is 6.29 Å². The molecular formula is C38H40N6O7S. The number of phenols is 1. The van der Waals surface area contributed by atoms with Crippen molar-refractivity contribution in [2.45, 2.75) is 56.2 Å². The van der Waals surface area contributed by atoms with Gasteiger partial charge in [-0.25, -0.2) is 9.59 Å². The first-order valence-electron chi connectivity index (χ1n) is 16.8. The first kappa shape index (κ1) is 36.5. The third kappa shape index (κ3) is 9.14. The third-order valence-electron chi connectivity index (χ3n) is 8.81. The Morgan fingerprint density at radius 3 is 2.29 bits per heavy atom. The number of nitrogens with zero attached hydrogens (tertiary/aromatic N) is 4. The van der Waals surface area contributed by atoms with Crippen LogP contribution in [0.4, 0.5) is 4.79 Å². The van der Waals surface area contributed by atoms with Crippen LogP contribution in [0.15, 0.2) is 108 Å². The number of aliphatic hydroxyl groups is 1. The number of rotatable bonds is 13. The highest BCUT2D eigenvalue weighted by Gasteiger charge is 2.38. The number of nitrogens with one attached hydrogen (secondary N) is 2. The SMILES string of the molecule is COC(=O)C(Cc1ccccc1)NC(=O)NCc1ccc(C2OC(CSc3nnnn3-c3ccc(O)cc3)C(C)C(c3ccc(CO)cc3)O2)cc1. The minimum atomic E-state index is -0.836. The Balaban J connectivity index is 1.13.